The quantitative estimate of drug-likeness (QED) is 0.337. The minimum Gasteiger partial charge on any atom is -0.493 e. The van der Waals surface area contributed by atoms with Gasteiger partial charge in [-0.3, -0.25) is 0 Å². The molecule has 0 N–H and O–H groups in total. The molecule has 0 radical (unpaired) electrons. The maximum absolute atomic E-state index is 12.5. The van der Waals surface area contributed by atoms with Gasteiger partial charge in [-0.2, -0.15) is 13.8 Å². The van der Waals surface area contributed by atoms with Crippen LogP contribution in [-0.2, 0) is 5.75 Å². The van der Waals surface area contributed by atoms with Gasteiger partial charge in [0.25, 0.3) is 5.22 Å². The summed E-state index contributed by atoms with van der Waals surface area (Å²) in [6, 6.07) is 9.69. The molecule has 170 valence electrons. The summed E-state index contributed by atoms with van der Waals surface area (Å²) in [5, 5.41) is 12.3. The number of fused-ring (bicyclic) bond motifs is 1. The third kappa shape index (κ3) is 4.53. The number of nitrogens with zero attached hydrogens (tertiary/aromatic N) is 4. The van der Waals surface area contributed by atoms with E-state index in [2.05, 4.69) is 25.1 Å². The van der Waals surface area contributed by atoms with Crippen LogP contribution in [0.4, 0.5) is 8.78 Å². The summed E-state index contributed by atoms with van der Waals surface area (Å²) in [7, 11) is 1.35. The Kier molecular flexibility index (Phi) is 5.69. The maximum Gasteiger partial charge on any atom is 0.387 e. The van der Waals surface area contributed by atoms with Crippen molar-refractivity contribution in [3.63, 3.8) is 0 Å². The molecule has 0 amide bonds. The van der Waals surface area contributed by atoms with Crippen LogP contribution in [-0.4, -0.2) is 40.9 Å². The second kappa shape index (κ2) is 8.94. The van der Waals surface area contributed by atoms with Crippen LogP contribution in [0.15, 0.2) is 50.6 Å². The van der Waals surface area contributed by atoms with Crippen LogP contribution in [0.1, 0.15) is 5.89 Å². The highest BCUT2D eigenvalue weighted by Gasteiger charge is 2.18. The minimum atomic E-state index is -2.96. The largest absolute Gasteiger partial charge is 0.493 e. The molecule has 0 aliphatic carbocycles. The van der Waals surface area contributed by atoms with Gasteiger partial charge >= 0.3 is 6.61 Å². The summed E-state index contributed by atoms with van der Waals surface area (Å²) in [6.45, 7) is -2.79. The fourth-order valence-electron chi connectivity index (χ4n) is 2.97. The van der Waals surface area contributed by atoms with E-state index in [1.165, 1.54) is 37.1 Å². The Morgan fingerprint density at radius 2 is 1.88 bits per heavy atom. The second-order valence-corrected chi connectivity index (χ2v) is 7.41. The molecule has 0 bridgehead atoms. The predicted molar refractivity (Wildman–Crippen MR) is 108 cm³/mol. The Balaban J connectivity index is 1.25. The summed E-state index contributed by atoms with van der Waals surface area (Å²) < 4.78 is 56.1. The average molecular weight is 476 g/mol. The van der Waals surface area contributed by atoms with E-state index in [-0.39, 0.29) is 29.9 Å². The van der Waals surface area contributed by atoms with Crippen molar-refractivity contribution in [2.75, 3.05) is 13.9 Å². The van der Waals surface area contributed by atoms with Crippen molar-refractivity contribution >= 4 is 11.8 Å². The molecule has 2 aromatic carbocycles. The molecular formula is C20H14F2N4O6S. The maximum atomic E-state index is 12.5. The van der Waals surface area contributed by atoms with Crippen LogP contribution in [0, 0.1) is 0 Å². The van der Waals surface area contributed by atoms with Gasteiger partial charge in [-0.1, -0.05) is 16.9 Å². The number of ether oxygens (including phenoxy) is 4. The van der Waals surface area contributed by atoms with E-state index >= 15 is 0 Å². The van der Waals surface area contributed by atoms with Crippen LogP contribution >= 0.6 is 11.8 Å². The van der Waals surface area contributed by atoms with Crippen molar-refractivity contribution in [3.8, 4) is 45.8 Å². The lowest BCUT2D eigenvalue weighted by molar-refractivity contribution is -0.0512. The van der Waals surface area contributed by atoms with Crippen LogP contribution in [0.5, 0.6) is 23.0 Å². The van der Waals surface area contributed by atoms with Gasteiger partial charge < -0.3 is 27.9 Å². The predicted octanol–water partition coefficient (Wildman–Crippen LogP) is 4.42. The highest BCUT2D eigenvalue weighted by Crippen LogP contribution is 2.36. The first-order valence-corrected chi connectivity index (χ1v) is 10.4. The van der Waals surface area contributed by atoms with Crippen molar-refractivity contribution in [3.05, 3.63) is 42.3 Å². The lowest BCUT2D eigenvalue weighted by Gasteiger charge is -2.10. The molecular weight excluding hydrogens is 462 g/mol. The molecule has 0 unspecified atom stereocenters. The van der Waals surface area contributed by atoms with Crippen LogP contribution in [0.3, 0.4) is 0 Å². The summed E-state index contributed by atoms with van der Waals surface area (Å²) in [5.41, 5.74) is 1.21. The van der Waals surface area contributed by atoms with Crippen LogP contribution in [0.2, 0.25) is 0 Å². The van der Waals surface area contributed by atoms with Crippen LogP contribution in [0.25, 0.3) is 22.8 Å². The van der Waals surface area contributed by atoms with E-state index in [0.29, 0.717) is 39.6 Å². The SMILES string of the molecule is COc1cc(-c2noc(CSc3nnc(-c4ccc5c(c4)OCO5)o3)n2)ccc1OC(F)F. The first-order chi connectivity index (χ1) is 16.1. The standard InChI is InChI=1S/C20H14F2N4O6S/c1-27-14-6-10(2-5-13(14)30-19(21)22)17-23-16(32-26-17)8-33-20-25-24-18(31-20)11-3-4-12-15(7-11)29-9-28-12/h2-7,19H,8-9H2,1H3. The lowest BCUT2D eigenvalue weighted by atomic mass is 10.2. The van der Waals surface area contributed by atoms with Gasteiger partial charge in [0.15, 0.2) is 23.0 Å². The van der Waals surface area contributed by atoms with Crippen LogP contribution < -0.4 is 18.9 Å². The first-order valence-electron chi connectivity index (χ1n) is 9.41. The van der Waals surface area contributed by atoms with Gasteiger partial charge in [-0.15, -0.1) is 10.2 Å². The van der Waals surface area contributed by atoms with Crippen molar-refractivity contribution in [1.82, 2.24) is 20.3 Å². The van der Waals surface area contributed by atoms with Gasteiger partial charge in [0.1, 0.15) is 0 Å². The molecule has 13 heteroatoms. The molecule has 0 saturated carbocycles. The molecule has 0 fully saturated rings. The highest BCUT2D eigenvalue weighted by molar-refractivity contribution is 7.98. The summed E-state index contributed by atoms with van der Waals surface area (Å²) in [4.78, 5) is 4.30. The molecule has 0 spiro atoms. The molecule has 1 aliphatic rings. The zero-order chi connectivity index (χ0) is 22.8. The number of hydrogen-bond acceptors (Lipinski definition) is 11. The Hall–Kier alpha value is -3.87. The molecule has 2 aromatic heterocycles. The number of aromatic nitrogens is 4. The topological polar surface area (TPSA) is 115 Å². The Morgan fingerprint density at radius 3 is 2.73 bits per heavy atom. The third-order valence-corrected chi connectivity index (χ3v) is 5.25. The molecule has 0 atom stereocenters. The number of thioether (sulfide) groups is 1. The van der Waals surface area contributed by atoms with E-state index in [1.54, 1.807) is 18.2 Å². The second-order valence-electron chi connectivity index (χ2n) is 6.49. The summed E-state index contributed by atoms with van der Waals surface area (Å²) in [6.07, 6.45) is 0. The van der Waals surface area contributed by atoms with Gasteiger partial charge in [0, 0.05) is 11.1 Å². The van der Waals surface area contributed by atoms with Gasteiger partial charge in [0.2, 0.25) is 24.4 Å². The molecule has 1 aliphatic heterocycles. The van der Waals surface area contributed by atoms with Crippen molar-refractivity contribution < 1.29 is 36.7 Å². The van der Waals surface area contributed by atoms with Gasteiger partial charge in [-0.25, -0.2) is 0 Å². The van der Waals surface area contributed by atoms with Gasteiger partial charge in [-0.05, 0) is 36.4 Å². The summed E-state index contributed by atoms with van der Waals surface area (Å²) in [5.74, 6) is 2.49. The number of halogens is 2. The molecule has 33 heavy (non-hydrogen) atoms. The lowest BCUT2D eigenvalue weighted by Crippen LogP contribution is -2.03. The zero-order valence-corrected chi connectivity index (χ0v) is 17.7. The van der Waals surface area contributed by atoms with E-state index in [1.807, 2.05) is 0 Å². The van der Waals surface area contributed by atoms with Crippen molar-refractivity contribution in [2.45, 2.75) is 17.6 Å². The first kappa shape index (κ1) is 21.0. The Labute approximate surface area is 188 Å². The number of rotatable bonds is 8. The van der Waals surface area contributed by atoms with E-state index < -0.39 is 6.61 Å². The fraction of sp³-hybridized carbons (Fsp3) is 0.200. The van der Waals surface area contributed by atoms with E-state index in [0.717, 1.165) is 0 Å². The molecule has 4 aromatic rings. The number of methoxy groups -OCH3 is 1. The average Bonchev–Trinajstić information content (AvgIpc) is 3.57. The van der Waals surface area contributed by atoms with E-state index in [4.69, 9.17) is 23.2 Å². The fourth-order valence-corrected chi connectivity index (χ4v) is 3.57. The van der Waals surface area contributed by atoms with E-state index in [9.17, 15) is 8.78 Å². The van der Waals surface area contributed by atoms with Crippen molar-refractivity contribution in [2.24, 2.45) is 0 Å². The Bertz CT molecular complexity index is 1280. The molecule has 10 nitrogen and oxygen atoms in total. The third-order valence-electron chi connectivity index (χ3n) is 4.45. The van der Waals surface area contributed by atoms with Crippen molar-refractivity contribution in [1.29, 1.82) is 0 Å². The normalized spacial score (nSPS) is 12.4. The number of alkyl halides is 2. The monoisotopic (exact) mass is 476 g/mol. The molecule has 0 saturated heterocycles. The smallest absolute Gasteiger partial charge is 0.387 e. The number of hydrogen-bond donors (Lipinski definition) is 0. The Morgan fingerprint density at radius 1 is 1.03 bits per heavy atom. The highest BCUT2D eigenvalue weighted by atomic mass is 32.2. The number of benzene rings is 2. The zero-order valence-electron chi connectivity index (χ0n) is 16.9. The minimum absolute atomic E-state index is 0.0924. The summed E-state index contributed by atoms with van der Waals surface area (Å²) >= 11 is 1.22. The molecule has 3 heterocycles. The molecule has 5 rings (SSSR count). The van der Waals surface area contributed by atoms with Gasteiger partial charge in [0.05, 0.1) is 12.9 Å².